The largest absolute Gasteiger partial charge is 0.464 e. The van der Waals surface area contributed by atoms with Crippen LogP contribution in [0.5, 0.6) is 0 Å². The van der Waals surface area contributed by atoms with Crippen LogP contribution in [0, 0.1) is 6.92 Å². The van der Waals surface area contributed by atoms with Gasteiger partial charge in [-0.05, 0) is 25.0 Å². The molecule has 1 radical (unpaired) electrons. The molecule has 0 saturated heterocycles. The zero-order valence-electron chi connectivity index (χ0n) is 6.21. The van der Waals surface area contributed by atoms with Crippen LogP contribution in [-0.2, 0) is 6.42 Å². The van der Waals surface area contributed by atoms with Gasteiger partial charge < -0.3 is 4.42 Å². The molecule has 0 unspecified atom stereocenters. The van der Waals surface area contributed by atoms with Crippen molar-refractivity contribution in [3.05, 3.63) is 43.0 Å². The molecule has 1 heteroatoms. The molecular formula is C10H9O. The van der Waals surface area contributed by atoms with Crippen molar-refractivity contribution in [2.45, 2.75) is 6.42 Å². The normalized spacial score (nSPS) is 10.6. The van der Waals surface area contributed by atoms with Crippen molar-refractivity contribution in [1.29, 1.82) is 0 Å². The number of rotatable bonds is 1. The van der Waals surface area contributed by atoms with E-state index in [0.29, 0.717) is 0 Å². The number of fused-ring (bicyclic) bond motifs is 1. The van der Waals surface area contributed by atoms with Gasteiger partial charge in [-0.1, -0.05) is 18.2 Å². The summed E-state index contributed by atoms with van der Waals surface area (Å²) < 4.78 is 5.30. The fourth-order valence-electron chi connectivity index (χ4n) is 1.25. The van der Waals surface area contributed by atoms with Crippen LogP contribution in [0.3, 0.4) is 0 Å². The summed E-state index contributed by atoms with van der Waals surface area (Å²) in [6, 6.07) is 8.07. The number of para-hydroxylation sites is 1. The summed E-state index contributed by atoms with van der Waals surface area (Å²) in [5.41, 5.74) is 2.15. The van der Waals surface area contributed by atoms with Gasteiger partial charge in [0.25, 0.3) is 0 Å². The van der Waals surface area contributed by atoms with Gasteiger partial charge in [-0.2, -0.15) is 0 Å². The summed E-state index contributed by atoms with van der Waals surface area (Å²) >= 11 is 0. The molecule has 2 aromatic rings. The molecule has 0 aliphatic heterocycles. The molecule has 0 N–H and O–H groups in total. The summed E-state index contributed by atoms with van der Waals surface area (Å²) in [6.07, 6.45) is 2.49. The van der Waals surface area contributed by atoms with Gasteiger partial charge in [0.2, 0.25) is 0 Å². The first kappa shape index (κ1) is 6.47. The van der Waals surface area contributed by atoms with Crippen molar-refractivity contribution in [2.75, 3.05) is 0 Å². The predicted molar refractivity (Wildman–Crippen MR) is 45.3 cm³/mol. The second-order valence-corrected chi connectivity index (χ2v) is 2.51. The first-order valence-electron chi connectivity index (χ1n) is 3.66. The Morgan fingerprint density at radius 1 is 1.27 bits per heavy atom. The maximum absolute atomic E-state index is 5.30. The summed E-state index contributed by atoms with van der Waals surface area (Å²) in [4.78, 5) is 0. The number of hydrogen-bond donors (Lipinski definition) is 0. The van der Waals surface area contributed by atoms with Gasteiger partial charge in [-0.3, -0.25) is 0 Å². The molecule has 1 aromatic heterocycles. The minimum absolute atomic E-state index is 0.783. The van der Waals surface area contributed by atoms with E-state index >= 15 is 0 Å². The zero-order valence-corrected chi connectivity index (χ0v) is 6.21. The van der Waals surface area contributed by atoms with Crippen molar-refractivity contribution in [1.82, 2.24) is 0 Å². The number of hydrogen-bond acceptors (Lipinski definition) is 1. The fraction of sp³-hybridized carbons (Fsp3) is 0.100. The van der Waals surface area contributed by atoms with Gasteiger partial charge in [-0.15, -0.1) is 0 Å². The molecule has 55 valence electrons. The minimum atomic E-state index is 0.783. The van der Waals surface area contributed by atoms with E-state index in [1.165, 1.54) is 5.56 Å². The summed E-state index contributed by atoms with van der Waals surface area (Å²) in [6.45, 7) is 3.83. The Hall–Kier alpha value is -1.24. The van der Waals surface area contributed by atoms with Gasteiger partial charge in [-0.25, -0.2) is 0 Å². The molecule has 11 heavy (non-hydrogen) atoms. The van der Waals surface area contributed by atoms with E-state index in [1.807, 2.05) is 24.3 Å². The highest BCUT2D eigenvalue weighted by Crippen LogP contribution is 2.19. The molecule has 2 rings (SSSR count). The van der Waals surface area contributed by atoms with Crippen LogP contribution in [0.2, 0.25) is 0 Å². The standard InChI is InChI=1S/C10H9O/c1-2-8-4-3-5-9-6-7-11-10(8)9/h3-7H,1-2H2. The lowest BCUT2D eigenvalue weighted by atomic mass is 10.1. The summed E-state index contributed by atoms with van der Waals surface area (Å²) in [7, 11) is 0. The lowest BCUT2D eigenvalue weighted by Gasteiger charge is -1.95. The molecular weight excluding hydrogens is 136 g/mol. The van der Waals surface area contributed by atoms with Crippen molar-refractivity contribution in [2.24, 2.45) is 0 Å². The van der Waals surface area contributed by atoms with E-state index in [-0.39, 0.29) is 0 Å². The average Bonchev–Trinajstić information content (AvgIpc) is 2.50. The van der Waals surface area contributed by atoms with Crippen LogP contribution in [0.1, 0.15) is 5.56 Å². The Labute approximate surface area is 65.6 Å². The van der Waals surface area contributed by atoms with E-state index in [4.69, 9.17) is 4.42 Å². The van der Waals surface area contributed by atoms with Crippen LogP contribution in [-0.4, -0.2) is 0 Å². The molecule has 1 heterocycles. The lowest BCUT2D eigenvalue weighted by molar-refractivity contribution is 0.612. The Morgan fingerprint density at radius 2 is 2.18 bits per heavy atom. The first-order valence-corrected chi connectivity index (χ1v) is 3.66. The summed E-state index contributed by atoms with van der Waals surface area (Å²) in [5, 5.41) is 1.16. The van der Waals surface area contributed by atoms with E-state index in [2.05, 4.69) is 6.92 Å². The van der Waals surface area contributed by atoms with Crippen molar-refractivity contribution < 1.29 is 4.42 Å². The highest BCUT2D eigenvalue weighted by atomic mass is 16.3. The van der Waals surface area contributed by atoms with Crippen LogP contribution in [0.25, 0.3) is 11.0 Å². The fourth-order valence-corrected chi connectivity index (χ4v) is 1.25. The molecule has 0 saturated carbocycles. The molecule has 0 atom stereocenters. The Bertz CT molecular complexity index is 360. The molecule has 1 nitrogen and oxygen atoms in total. The van der Waals surface area contributed by atoms with Gasteiger partial charge in [0.15, 0.2) is 0 Å². The average molecular weight is 145 g/mol. The van der Waals surface area contributed by atoms with Crippen LogP contribution < -0.4 is 0 Å². The predicted octanol–water partition coefficient (Wildman–Crippen LogP) is 2.81. The SMILES string of the molecule is [CH2]Cc1cccc2ccoc12. The highest BCUT2D eigenvalue weighted by Gasteiger charge is 1.99. The van der Waals surface area contributed by atoms with E-state index in [0.717, 1.165) is 17.4 Å². The Balaban J connectivity index is 2.79. The molecule has 0 aliphatic carbocycles. The number of furan rings is 1. The highest BCUT2D eigenvalue weighted by molar-refractivity contribution is 5.80. The molecule has 0 bridgehead atoms. The third-order valence-electron chi connectivity index (χ3n) is 1.83. The first-order chi connectivity index (χ1) is 5.42. The Kier molecular flexibility index (Phi) is 1.42. The van der Waals surface area contributed by atoms with E-state index in [9.17, 15) is 0 Å². The third kappa shape index (κ3) is 0.929. The monoisotopic (exact) mass is 145 g/mol. The molecule has 0 spiro atoms. The molecule has 0 aliphatic rings. The van der Waals surface area contributed by atoms with Crippen molar-refractivity contribution in [3.8, 4) is 0 Å². The maximum atomic E-state index is 5.30. The summed E-state index contributed by atoms with van der Waals surface area (Å²) in [5.74, 6) is 0. The molecule has 0 fully saturated rings. The zero-order chi connectivity index (χ0) is 7.68. The van der Waals surface area contributed by atoms with E-state index < -0.39 is 0 Å². The Morgan fingerprint density at radius 3 is 3.00 bits per heavy atom. The third-order valence-corrected chi connectivity index (χ3v) is 1.83. The van der Waals surface area contributed by atoms with Crippen LogP contribution in [0.15, 0.2) is 34.9 Å². The van der Waals surface area contributed by atoms with Gasteiger partial charge in [0, 0.05) is 5.39 Å². The van der Waals surface area contributed by atoms with Crippen LogP contribution in [0.4, 0.5) is 0 Å². The van der Waals surface area contributed by atoms with Gasteiger partial charge >= 0.3 is 0 Å². The van der Waals surface area contributed by atoms with Crippen molar-refractivity contribution >= 4 is 11.0 Å². The number of benzene rings is 1. The van der Waals surface area contributed by atoms with E-state index in [1.54, 1.807) is 6.26 Å². The quantitative estimate of drug-likeness (QED) is 0.601. The topological polar surface area (TPSA) is 13.1 Å². The maximum Gasteiger partial charge on any atom is 0.137 e. The lowest BCUT2D eigenvalue weighted by Crippen LogP contribution is -1.78. The smallest absolute Gasteiger partial charge is 0.137 e. The van der Waals surface area contributed by atoms with Crippen molar-refractivity contribution in [3.63, 3.8) is 0 Å². The minimum Gasteiger partial charge on any atom is -0.464 e. The van der Waals surface area contributed by atoms with Crippen LogP contribution >= 0.6 is 0 Å². The molecule has 1 aromatic carbocycles. The second kappa shape index (κ2) is 2.42. The molecule has 0 amide bonds. The van der Waals surface area contributed by atoms with Gasteiger partial charge in [0.1, 0.15) is 5.58 Å². The van der Waals surface area contributed by atoms with Gasteiger partial charge in [0.05, 0.1) is 6.26 Å². The second-order valence-electron chi connectivity index (χ2n) is 2.51.